The van der Waals surface area contributed by atoms with Crippen molar-refractivity contribution in [1.29, 1.82) is 0 Å². The van der Waals surface area contributed by atoms with Gasteiger partial charge in [0.1, 0.15) is 13.2 Å². The molecule has 0 aliphatic carbocycles. The van der Waals surface area contributed by atoms with Crippen LogP contribution in [0.3, 0.4) is 0 Å². The van der Waals surface area contributed by atoms with Crippen molar-refractivity contribution in [3.05, 3.63) is 35.5 Å². The Kier molecular flexibility index (Phi) is 5.09. The lowest BCUT2D eigenvalue weighted by molar-refractivity contribution is 0.260. The summed E-state index contributed by atoms with van der Waals surface area (Å²) >= 11 is 6.25. The fraction of sp³-hybridized carbons (Fsp3) is 0.389. The number of aromatic nitrogens is 1. The molecule has 11 heteroatoms. The summed E-state index contributed by atoms with van der Waals surface area (Å²) in [5.41, 5.74) is 13.3. The van der Waals surface area contributed by atoms with Crippen molar-refractivity contribution in [3.63, 3.8) is 0 Å². The molecule has 0 amide bonds. The monoisotopic (exact) mass is 436 g/mol. The number of fused-ring (bicyclic) bond motifs is 1. The molecule has 1 aromatic heterocycles. The Morgan fingerprint density at radius 1 is 1.21 bits per heavy atom. The Labute approximate surface area is 174 Å². The number of nitrogens with zero attached hydrogens (tertiary/aromatic N) is 5. The van der Waals surface area contributed by atoms with Crippen molar-refractivity contribution >= 4 is 49.9 Å². The van der Waals surface area contributed by atoms with E-state index in [9.17, 15) is 8.42 Å². The van der Waals surface area contributed by atoms with E-state index in [1.165, 1.54) is 0 Å². The van der Waals surface area contributed by atoms with Crippen molar-refractivity contribution in [2.45, 2.75) is 0 Å². The third-order valence-corrected chi connectivity index (χ3v) is 7.52. The minimum absolute atomic E-state index is 0.134. The third kappa shape index (κ3) is 4.00. The number of nitrogens with two attached hydrogens (primary N) is 2. The highest BCUT2D eigenvalue weighted by Crippen LogP contribution is 2.30. The van der Waals surface area contributed by atoms with Gasteiger partial charge in [0.05, 0.1) is 47.9 Å². The van der Waals surface area contributed by atoms with E-state index in [2.05, 4.69) is 21.0 Å². The van der Waals surface area contributed by atoms with E-state index in [1.54, 1.807) is 12.3 Å². The van der Waals surface area contributed by atoms with Crippen molar-refractivity contribution in [3.8, 4) is 0 Å². The number of para-hydroxylation sites is 1. The summed E-state index contributed by atoms with van der Waals surface area (Å²) in [5, 5.41) is 1.52. The molecular weight excluding hydrogens is 414 g/mol. The van der Waals surface area contributed by atoms with Gasteiger partial charge in [-0.25, -0.2) is 18.4 Å². The smallest absolute Gasteiger partial charge is 0.220 e. The normalized spacial score (nSPS) is 20.9. The molecule has 2 aromatic rings. The van der Waals surface area contributed by atoms with E-state index in [-0.39, 0.29) is 17.5 Å². The number of guanidine groups is 2. The van der Waals surface area contributed by atoms with E-state index in [0.717, 1.165) is 16.6 Å². The van der Waals surface area contributed by atoms with Crippen LogP contribution in [0.25, 0.3) is 10.9 Å². The van der Waals surface area contributed by atoms with Crippen LogP contribution in [0.1, 0.15) is 0 Å². The van der Waals surface area contributed by atoms with E-state index < -0.39 is 9.84 Å². The standard InChI is InChI=1S/C18H23ClN7O2S/c19-15-3-1-2-13-10-14(11-22-16(13)15)26(6-8-29(27,28)9-7-26)5-4-25-12-23-17(20)24-18(25)21/h1-3,10-11H,4-9,12H2,(H4,20,21,23,24)/q+1. The van der Waals surface area contributed by atoms with Gasteiger partial charge in [0.2, 0.25) is 11.9 Å². The molecule has 2 aliphatic rings. The van der Waals surface area contributed by atoms with Gasteiger partial charge in [0, 0.05) is 11.5 Å². The highest BCUT2D eigenvalue weighted by atomic mass is 35.5. The van der Waals surface area contributed by atoms with Gasteiger partial charge in [-0.15, -0.1) is 0 Å². The average Bonchev–Trinajstić information content (AvgIpc) is 2.69. The van der Waals surface area contributed by atoms with Crippen LogP contribution in [0.5, 0.6) is 0 Å². The van der Waals surface area contributed by atoms with Gasteiger partial charge in [-0.05, 0) is 6.07 Å². The predicted octanol–water partition coefficient (Wildman–Crippen LogP) is 0.526. The molecule has 0 spiro atoms. The maximum atomic E-state index is 12.1. The van der Waals surface area contributed by atoms with Crippen LogP contribution in [-0.4, -0.2) is 74.6 Å². The van der Waals surface area contributed by atoms with Crippen molar-refractivity contribution in [2.24, 2.45) is 21.5 Å². The zero-order valence-electron chi connectivity index (χ0n) is 15.8. The number of halogens is 1. The topological polar surface area (TPSA) is 127 Å². The predicted molar refractivity (Wildman–Crippen MR) is 117 cm³/mol. The first kappa shape index (κ1) is 19.9. The number of benzene rings is 1. The average molecular weight is 437 g/mol. The molecule has 4 N–H and O–H groups in total. The number of rotatable bonds is 4. The highest BCUT2D eigenvalue weighted by molar-refractivity contribution is 7.91. The zero-order chi connectivity index (χ0) is 20.6. The fourth-order valence-corrected chi connectivity index (χ4v) is 5.46. The molecule has 1 fully saturated rings. The minimum Gasteiger partial charge on any atom is -0.369 e. The van der Waals surface area contributed by atoms with E-state index >= 15 is 0 Å². The molecule has 2 aliphatic heterocycles. The maximum Gasteiger partial charge on any atom is 0.220 e. The second-order valence-electron chi connectivity index (χ2n) is 7.36. The van der Waals surface area contributed by atoms with Gasteiger partial charge >= 0.3 is 0 Å². The van der Waals surface area contributed by atoms with Crippen molar-refractivity contribution in [1.82, 2.24) is 14.4 Å². The number of aliphatic imine (C=N–C) groups is 2. The van der Waals surface area contributed by atoms with Gasteiger partial charge in [-0.2, -0.15) is 4.99 Å². The molecule has 4 rings (SSSR count). The molecule has 29 heavy (non-hydrogen) atoms. The van der Waals surface area contributed by atoms with Crippen LogP contribution < -0.4 is 16.0 Å². The first-order valence-electron chi connectivity index (χ1n) is 9.28. The first-order chi connectivity index (χ1) is 13.8. The molecule has 0 unspecified atom stereocenters. The fourth-order valence-electron chi connectivity index (χ4n) is 3.77. The Balaban J connectivity index is 1.66. The molecule has 3 heterocycles. The maximum absolute atomic E-state index is 12.1. The van der Waals surface area contributed by atoms with Gasteiger partial charge in [-0.1, -0.05) is 23.7 Å². The molecule has 0 atom stereocenters. The highest BCUT2D eigenvalue weighted by Gasteiger charge is 2.39. The number of hydrogen-bond donors (Lipinski definition) is 2. The summed E-state index contributed by atoms with van der Waals surface area (Å²) in [6.45, 7) is 2.51. The lowest BCUT2D eigenvalue weighted by atomic mass is 10.1. The Bertz CT molecular complexity index is 1100. The van der Waals surface area contributed by atoms with Gasteiger partial charge in [-0.3, -0.25) is 4.48 Å². The molecule has 1 saturated heterocycles. The number of pyridine rings is 1. The van der Waals surface area contributed by atoms with Crippen LogP contribution in [0.2, 0.25) is 5.02 Å². The minimum atomic E-state index is -3.03. The summed E-state index contributed by atoms with van der Waals surface area (Å²) in [5.74, 6) is 0.760. The Hall–Kier alpha value is -2.43. The summed E-state index contributed by atoms with van der Waals surface area (Å²) in [4.78, 5) is 14.5. The number of hydrogen-bond acceptors (Lipinski definition) is 8. The zero-order valence-corrected chi connectivity index (χ0v) is 17.4. The van der Waals surface area contributed by atoms with Crippen LogP contribution >= 0.6 is 11.6 Å². The van der Waals surface area contributed by atoms with Crippen molar-refractivity contribution < 1.29 is 8.42 Å². The van der Waals surface area contributed by atoms with Crippen LogP contribution in [0, 0.1) is 0 Å². The third-order valence-electron chi connectivity index (χ3n) is 5.61. The largest absolute Gasteiger partial charge is 0.369 e. The number of sulfone groups is 1. The Morgan fingerprint density at radius 2 is 1.97 bits per heavy atom. The second kappa shape index (κ2) is 7.43. The van der Waals surface area contributed by atoms with Crippen LogP contribution in [0.4, 0.5) is 5.69 Å². The Morgan fingerprint density at radius 3 is 2.69 bits per heavy atom. The lowest BCUT2D eigenvalue weighted by Gasteiger charge is -2.41. The second-order valence-corrected chi connectivity index (χ2v) is 10.1. The molecule has 0 radical (unpaired) electrons. The van der Waals surface area contributed by atoms with Crippen LogP contribution in [-0.2, 0) is 9.84 Å². The summed E-state index contributed by atoms with van der Waals surface area (Å²) < 4.78 is 24.7. The molecule has 154 valence electrons. The lowest BCUT2D eigenvalue weighted by Crippen LogP contribution is -2.61. The van der Waals surface area contributed by atoms with Gasteiger partial charge < -0.3 is 16.4 Å². The van der Waals surface area contributed by atoms with Gasteiger partial charge in [0.25, 0.3) is 0 Å². The SMILES string of the molecule is NC1=NCN(CC[N+]2(c3cnc4c(Cl)cccc4c3)CCS(=O)(=O)CC2)C(N)=N1. The van der Waals surface area contributed by atoms with Crippen molar-refractivity contribution in [2.75, 3.05) is 44.4 Å². The number of quaternary nitrogens is 1. The molecular formula is C18H23ClN7O2S+. The molecule has 0 bridgehead atoms. The van der Waals surface area contributed by atoms with Gasteiger partial charge in [0.15, 0.2) is 15.5 Å². The summed E-state index contributed by atoms with van der Waals surface area (Å²) in [6.07, 6.45) is 1.80. The van der Waals surface area contributed by atoms with E-state index in [1.807, 2.05) is 17.0 Å². The first-order valence-corrected chi connectivity index (χ1v) is 11.5. The molecule has 1 aromatic carbocycles. The molecule has 0 saturated carbocycles. The molecule has 9 nitrogen and oxygen atoms in total. The summed E-state index contributed by atoms with van der Waals surface area (Å²) in [6, 6.07) is 7.70. The van der Waals surface area contributed by atoms with Crippen LogP contribution in [0.15, 0.2) is 40.4 Å². The van der Waals surface area contributed by atoms with E-state index in [4.69, 9.17) is 23.1 Å². The summed E-state index contributed by atoms with van der Waals surface area (Å²) in [7, 11) is -3.03. The van der Waals surface area contributed by atoms with E-state index in [0.29, 0.717) is 48.3 Å². The quantitative estimate of drug-likeness (QED) is 0.673.